The fourth-order valence-electron chi connectivity index (χ4n) is 3.08. The van der Waals surface area contributed by atoms with Crippen LogP contribution in [0.4, 0.5) is 5.95 Å². The van der Waals surface area contributed by atoms with E-state index in [9.17, 15) is 15.0 Å². The summed E-state index contributed by atoms with van der Waals surface area (Å²) >= 11 is 12.3. The highest BCUT2D eigenvalue weighted by Gasteiger charge is 2.16. The van der Waals surface area contributed by atoms with Crippen LogP contribution in [-0.4, -0.2) is 45.3 Å². The molecule has 0 aliphatic carbocycles. The number of carbonyl (C=O) groups excluding carboxylic acids is 1. The van der Waals surface area contributed by atoms with E-state index in [1.807, 2.05) is 6.92 Å². The smallest absolute Gasteiger partial charge is 0.251 e. The van der Waals surface area contributed by atoms with Gasteiger partial charge in [0, 0.05) is 16.1 Å². The van der Waals surface area contributed by atoms with Gasteiger partial charge < -0.3 is 20.8 Å². The first-order chi connectivity index (χ1) is 15.4. The summed E-state index contributed by atoms with van der Waals surface area (Å²) in [7, 11) is 0. The lowest BCUT2D eigenvalue weighted by Crippen LogP contribution is -2.30. The number of halogens is 2. The van der Waals surface area contributed by atoms with Crippen LogP contribution < -0.4 is 10.6 Å². The van der Waals surface area contributed by atoms with E-state index in [4.69, 9.17) is 23.2 Å². The highest BCUT2D eigenvalue weighted by Crippen LogP contribution is 2.27. The van der Waals surface area contributed by atoms with E-state index in [2.05, 4.69) is 20.6 Å². The number of anilines is 1. The number of nitrogens with zero attached hydrogens (tertiary/aromatic N) is 2. The van der Waals surface area contributed by atoms with Crippen LogP contribution in [0.3, 0.4) is 0 Å². The van der Waals surface area contributed by atoms with Crippen molar-refractivity contribution < 1.29 is 15.0 Å². The molecule has 2 aromatic carbocycles. The largest absolute Gasteiger partial charge is 0.394 e. The summed E-state index contributed by atoms with van der Waals surface area (Å²) in [6.07, 6.45) is 2.21. The predicted molar refractivity (Wildman–Crippen MR) is 126 cm³/mol. The number of hydrogen-bond acceptors (Lipinski definition) is 6. The average molecular weight is 475 g/mol. The number of amides is 1. The van der Waals surface area contributed by atoms with Gasteiger partial charge in [-0.1, -0.05) is 54.4 Å². The molecule has 0 radical (unpaired) electrons. The second-order valence-electron chi connectivity index (χ2n) is 7.16. The van der Waals surface area contributed by atoms with Gasteiger partial charge in [-0.3, -0.25) is 4.79 Å². The van der Waals surface area contributed by atoms with Crippen molar-refractivity contribution in [2.24, 2.45) is 0 Å². The number of aliphatic hydroxyl groups is 2. The van der Waals surface area contributed by atoms with Crippen molar-refractivity contribution >= 4 is 35.1 Å². The minimum absolute atomic E-state index is 0.0361. The molecule has 4 N–H and O–H groups in total. The predicted octanol–water partition coefficient (Wildman–Crippen LogP) is 4.10. The Morgan fingerprint density at radius 3 is 2.47 bits per heavy atom. The molecule has 1 unspecified atom stereocenters. The van der Waals surface area contributed by atoms with E-state index in [0.717, 1.165) is 0 Å². The Labute approximate surface area is 196 Å². The number of carbonyl (C=O) groups is 1. The van der Waals surface area contributed by atoms with Crippen LogP contribution in [0.1, 0.15) is 35.3 Å². The van der Waals surface area contributed by atoms with Gasteiger partial charge >= 0.3 is 0 Å². The van der Waals surface area contributed by atoms with Crippen molar-refractivity contribution in [3.8, 4) is 11.3 Å². The second-order valence-corrected chi connectivity index (χ2v) is 8.01. The number of rotatable bonds is 9. The number of hydrogen-bond donors (Lipinski definition) is 4. The van der Waals surface area contributed by atoms with Crippen molar-refractivity contribution in [3.05, 3.63) is 75.9 Å². The molecule has 9 heteroatoms. The highest BCUT2D eigenvalue weighted by atomic mass is 35.5. The first kappa shape index (κ1) is 23.9. The summed E-state index contributed by atoms with van der Waals surface area (Å²) in [5, 5.41) is 25.8. The maximum atomic E-state index is 12.7. The van der Waals surface area contributed by atoms with Gasteiger partial charge in [-0.2, -0.15) is 0 Å². The molecule has 0 aliphatic heterocycles. The number of aliphatic hydroxyl groups excluding tert-OH is 2. The molecule has 3 rings (SSSR count). The standard InChI is InChI=1S/C23H24Cl2N4O3/c1-2-18(12-30)27-23-26-11-19(25)21(29-23)14-6-8-15(9-7-14)22(32)28-20(13-31)16-4-3-5-17(24)10-16/h3-11,18,20,30-31H,2,12-13H2,1H3,(H,28,32)(H,26,27,29)/t18?,20-/m1/s1. The zero-order valence-electron chi connectivity index (χ0n) is 17.4. The Balaban J connectivity index is 1.76. The molecular weight excluding hydrogens is 451 g/mol. The lowest BCUT2D eigenvalue weighted by atomic mass is 10.1. The molecule has 32 heavy (non-hydrogen) atoms. The Bertz CT molecular complexity index is 1060. The molecular formula is C23H24Cl2N4O3. The zero-order valence-corrected chi connectivity index (χ0v) is 18.9. The van der Waals surface area contributed by atoms with Crippen LogP contribution in [-0.2, 0) is 0 Å². The maximum Gasteiger partial charge on any atom is 0.251 e. The van der Waals surface area contributed by atoms with Gasteiger partial charge in [-0.05, 0) is 36.2 Å². The Hall–Kier alpha value is -2.71. The first-order valence-corrected chi connectivity index (χ1v) is 10.9. The highest BCUT2D eigenvalue weighted by molar-refractivity contribution is 6.33. The monoisotopic (exact) mass is 474 g/mol. The van der Waals surface area contributed by atoms with Crippen LogP contribution in [0.2, 0.25) is 10.0 Å². The first-order valence-electron chi connectivity index (χ1n) is 10.1. The van der Waals surface area contributed by atoms with Crippen LogP contribution in [0.15, 0.2) is 54.7 Å². The summed E-state index contributed by atoms with van der Waals surface area (Å²) < 4.78 is 0. The minimum atomic E-state index is -0.580. The number of nitrogens with one attached hydrogen (secondary N) is 2. The maximum absolute atomic E-state index is 12.7. The molecule has 7 nitrogen and oxygen atoms in total. The second kappa shape index (κ2) is 11.2. The summed E-state index contributed by atoms with van der Waals surface area (Å²) in [4.78, 5) is 21.3. The molecule has 3 aromatic rings. The van der Waals surface area contributed by atoms with Crippen molar-refractivity contribution in [3.63, 3.8) is 0 Å². The molecule has 0 spiro atoms. The molecule has 0 aliphatic rings. The van der Waals surface area contributed by atoms with E-state index in [-0.39, 0.29) is 25.2 Å². The summed E-state index contributed by atoms with van der Waals surface area (Å²) in [6, 6.07) is 13.0. The number of benzene rings is 2. The molecule has 0 bridgehead atoms. The Morgan fingerprint density at radius 2 is 1.84 bits per heavy atom. The third-order valence-electron chi connectivity index (χ3n) is 4.95. The SMILES string of the molecule is CCC(CO)Nc1ncc(Cl)c(-c2ccc(C(=O)N[C@H](CO)c3cccc(Cl)c3)cc2)n1. The molecule has 2 atom stereocenters. The van der Waals surface area contributed by atoms with Crippen molar-refractivity contribution in [1.82, 2.24) is 15.3 Å². The molecule has 0 saturated heterocycles. The normalized spacial score (nSPS) is 12.8. The van der Waals surface area contributed by atoms with Gasteiger partial charge in [0.25, 0.3) is 5.91 Å². The third kappa shape index (κ3) is 5.95. The molecule has 0 saturated carbocycles. The molecule has 168 valence electrons. The minimum Gasteiger partial charge on any atom is -0.394 e. The van der Waals surface area contributed by atoms with Gasteiger partial charge in [0.1, 0.15) is 0 Å². The zero-order chi connectivity index (χ0) is 23.1. The van der Waals surface area contributed by atoms with Gasteiger partial charge in [0.15, 0.2) is 0 Å². The van der Waals surface area contributed by atoms with Gasteiger partial charge in [0.05, 0.1) is 42.2 Å². The summed E-state index contributed by atoms with van der Waals surface area (Å²) in [6.45, 7) is 1.65. The van der Waals surface area contributed by atoms with E-state index in [1.54, 1.807) is 48.5 Å². The van der Waals surface area contributed by atoms with Gasteiger partial charge in [-0.15, -0.1) is 0 Å². The Morgan fingerprint density at radius 1 is 1.09 bits per heavy atom. The lowest BCUT2D eigenvalue weighted by molar-refractivity contribution is 0.0916. The van der Waals surface area contributed by atoms with Gasteiger partial charge in [0.2, 0.25) is 5.95 Å². The van der Waals surface area contributed by atoms with E-state index >= 15 is 0 Å². The molecule has 0 fully saturated rings. The van der Waals surface area contributed by atoms with Crippen molar-refractivity contribution in [2.45, 2.75) is 25.4 Å². The van der Waals surface area contributed by atoms with Crippen LogP contribution in [0.25, 0.3) is 11.3 Å². The van der Waals surface area contributed by atoms with E-state index < -0.39 is 6.04 Å². The topological polar surface area (TPSA) is 107 Å². The van der Waals surface area contributed by atoms with Crippen LogP contribution in [0, 0.1) is 0 Å². The number of aromatic nitrogens is 2. The average Bonchev–Trinajstić information content (AvgIpc) is 2.82. The third-order valence-corrected chi connectivity index (χ3v) is 5.46. The Kier molecular flexibility index (Phi) is 8.41. The molecule has 1 amide bonds. The lowest BCUT2D eigenvalue weighted by Gasteiger charge is -2.17. The van der Waals surface area contributed by atoms with E-state index in [1.165, 1.54) is 6.20 Å². The van der Waals surface area contributed by atoms with Crippen LogP contribution >= 0.6 is 23.2 Å². The summed E-state index contributed by atoms with van der Waals surface area (Å²) in [5.74, 6) is 0.0277. The van der Waals surface area contributed by atoms with Gasteiger partial charge in [-0.25, -0.2) is 9.97 Å². The van der Waals surface area contributed by atoms with E-state index in [0.29, 0.717) is 44.8 Å². The van der Waals surface area contributed by atoms with Crippen molar-refractivity contribution in [1.29, 1.82) is 0 Å². The summed E-state index contributed by atoms with van der Waals surface area (Å²) in [5.41, 5.74) is 2.36. The fraction of sp³-hybridized carbons (Fsp3) is 0.261. The fourth-order valence-corrected chi connectivity index (χ4v) is 3.48. The molecule has 1 aromatic heterocycles. The quantitative estimate of drug-likeness (QED) is 0.371. The van der Waals surface area contributed by atoms with Crippen molar-refractivity contribution in [2.75, 3.05) is 18.5 Å². The van der Waals surface area contributed by atoms with Crippen LogP contribution in [0.5, 0.6) is 0 Å². The molecule has 1 heterocycles.